The maximum absolute atomic E-state index is 11.1. The Bertz CT molecular complexity index is 574. The summed E-state index contributed by atoms with van der Waals surface area (Å²) in [6.45, 7) is 9.75. The summed E-state index contributed by atoms with van der Waals surface area (Å²) in [6.07, 6.45) is 2.24. The van der Waals surface area contributed by atoms with Crippen LogP contribution in [-0.2, 0) is 22.0 Å². The van der Waals surface area contributed by atoms with E-state index in [1.807, 2.05) is 0 Å². The number of nitrogens with zero attached hydrogens (tertiary/aromatic N) is 2. The second-order valence-electron chi connectivity index (χ2n) is 7.04. The number of hydrogen-bond acceptors (Lipinski definition) is 4. The second-order valence-corrected chi connectivity index (χ2v) is 8.87. The van der Waals surface area contributed by atoms with Crippen LogP contribution >= 0.6 is 0 Å². The number of hydrogen-bond donors (Lipinski definition) is 2. The third-order valence-electron chi connectivity index (χ3n) is 3.80. The Hall–Kier alpha value is -0.920. The lowest BCUT2D eigenvalue weighted by atomic mass is 9.92. The predicted molar refractivity (Wildman–Crippen MR) is 83.5 cm³/mol. The van der Waals surface area contributed by atoms with E-state index < -0.39 is 10.0 Å². The first-order valence-corrected chi connectivity index (χ1v) is 9.24. The van der Waals surface area contributed by atoms with Crippen molar-refractivity contribution in [3.05, 3.63) is 17.5 Å². The van der Waals surface area contributed by atoms with Gasteiger partial charge < -0.3 is 0 Å². The molecule has 2 heterocycles. The third kappa shape index (κ3) is 5.09. The Morgan fingerprint density at radius 2 is 2.19 bits per heavy atom. The predicted octanol–water partition coefficient (Wildman–Crippen LogP) is 1.08. The number of rotatable bonds is 5. The van der Waals surface area contributed by atoms with Gasteiger partial charge in [0.15, 0.2) is 0 Å². The summed E-state index contributed by atoms with van der Waals surface area (Å²) in [5.74, 6) is 0.393. The van der Waals surface area contributed by atoms with Gasteiger partial charge in [-0.1, -0.05) is 20.8 Å². The molecule has 2 N–H and O–H groups in total. The highest BCUT2D eigenvalue weighted by Gasteiger charge is 2.24. The lowest BCUT2D eigenvalue weighted by Gasteiger charge is -2.15. The van der Waals surface area contributed by atoms with Gasteiger partial charge in [0, 0.05) is 30.7 Å². The van der Waals surface area contributed by atoms with Gasteiger partial charge in [-0.25, -0.2) is 13.1 Å². The first-order chi connectivity index (χ1) is 9.63. The quantitative estimate of drug-likeness (QED) is 0.852. The molecule has 21 heavy (non-hydrogen) atoms. The van der Waals surface area contributed by atoms with E-state index in [4.69, 9.17) is 0 Å². The SMILES string of the molecule is CC(C)(C)c1cc(CN2CCC(CNS(C)(=O)=O)C2)[nH]n1. The van der Waals surface area contributed by atoms with Crippen molar-refractivity contribution in [2.24, 2.45) is 5.92 Å². The fraction of sp³-hybridized carbons (Fsp3) is 0.786. The molecule has 0 saturated carbocycles. The zero-order chi connectivity index (χ0) is 15.7. The van der Waals surface area contributed by atoms with Gasteiger partial charge in [-0.3, -0.25) is 10.00 Å². The van der Waals surface area contributed by atoms with Crippen LogP contribution in [0.4, 0.5) is 0 Å². The van der Waals surface area contributed by atoms with Gasteiger partial charge in [0.05, 0.1) is 11.9 Å². The fourth-order valence-corrected chi connectivity index (χ4v) is 3.10. The van der Waals surface area contributed by atoms with E-state index in [-0.39, 0.29) is 5.41 Å². The monoisotopic (exact) mass is 314 g/mol. The van der Waals surface area contributed by atoms with Crippen molar-refractivity contribution in [1.29, 1.82) is 0 Å². The molecule has 2 rings (SSSR count). The number of aromatic amines is 1. The third-order valence-corrected chi connectivity index (χ3v) is 4.49. The van der Waals surface area contributed by atoms with Gasteiger partial charge in [0.25, 0.3) is 0 Å². The molecule has 0 radical (unpaired) electrons. The second kappa shape index (κ2) is 6.06. The molecule has 120 valence electrons. The summed E-state index contributed by atoms with van der Waals surface area (Å²) >= 11 is 0. The Balaban J connectivity index is 1.84. The van der Waals surface area contributed by atoms with E-state index in [2.05, 4.69) is 46.7 Å². The van der Waals surface area contributed by atoms with Crippen molar-refractivity contribution in [3.63, 3.8) is 0 Å². The summed E-state index contributed by atoms with van der Waals surface area (Å²) in [4.78, 5) is 2.34. The minimum absolute atomic E-state index is 0.0572. The Kier molecular flexibility index (Phi) is 4.75. The van der Waals surface area contributed by atoms with Crippen LogP contribution in [0.5, 0.6) is 0 Å². The molecule has 0 aromatic carbocycles. The normalized spacial score (nSPS) is 21.0. The Morgan fingerprint density at radius 1 is 1.48 bits per heavy atom. The molecule has 0 bridgehead atoms. The van der Waals surface area contributed by atoms with Crippen LogP contribution in [0.2, 0.25) is 0 Å². The van der Waals surface area contributed by atoms with Crippen LogP contribution in [0.3, 0.4) is 0 Å². The molecule has 7 heteroatoms. The minimum atomic E-state index is -3.09. The highest BCUT2D eigenvalue weighted by molar-refractivity contribution is 7.88. The van der Waals surface area contributed by atoms with E-state index in [0.29, 0.717) is 12.5 Å². The fourth-order valence-electron chi connectivity index (χ4n) is 2.56. The first-order valence-electron chi connectivity index (χ1n) is 7.35. The van der Waals surface area contributed by atoms with E-state index in [0.717, 1.165) is 37.4 Å². The smallest absolute Gasteiger partial charge is 0.208 e. The van der Waals surface area contributed by atoms with Crippen molar-refractivity contribution in [2.75, 3.05) is 25.9 Å². The molecule has 1 atom stereocenters. The molecule has 1 aromatic rings. The van der Waals surface area contributed by atoms with Gasteiger partial charge in [-0.15, -0.1) is 0 Å². The van der Waals surface area contributed by atoms with E-state index >= 15 is 0 Å². The Morgan fingerprint density at radius 3 is 2.76 bits per heavy atom. The van der Waals surface area contributed by atoms with Gasteiger partial charge >= 0.3 is 0 Å². The summed E-state index contributed by atoms with van der Waals surface area (Å²) in [7, 11) is -3.09. The number of nitrogens with one attached hydrogen (secondary N) is 2. The number of H-pyrrole nitrogens is 1. The number of sulfonamides is 1. The molecule has 1 aliphatic heterocycles. The van der Waals surface area contributed by atoms with Gasteiger partial charge in [0.1, 0.15) is 0 Å². The van der Waals surface area contributed by atoms with Crippen LogP contribution in [-0.4, -0.2) is 49.4 Å². The summed E-state index contributed by atoms with van der Waals surface area (Å²) in [6, 6.07) is 2.13. The number of likely N-dealkylation sites (tertiary alicyclic amines) is 1. The summed E-state index contributed by atoms with van der Waals surface area (Å²) < 4.78 is 24.8. The molecule has 1 unspecified atom stereocenters. The topological polar surface area (TPSA) is 78.1 Å². The molecule has 1 fully saturated rings. The Labute approximate surface area is 127 Å². The molecular formula is C14H26N4O2S. The summed E-state index contributed by atoms with van der Waals surface area (Å²) in [5.41, 5.74) is 2.26. The first kappa shape index (κ1) is 16.5. The van der Waals surface area contributed by atoms with Crippen LogP contribution in [0.15, 0.2) is 6.07 Å². The number of aromatic nitrogens is 2. The molecule has 6 nitrogen and oxygen atoms in total. The highest BCUT2D eigenvalue weighted by Crippen LogP contribution is 2.22. The van der Waals surface area contributed by atoms with Crippen LogP contribution in [0.25, 0.3) is 0 Å². The van der Waals surface area contributed by atoms with Crippen LogP contribution < -0.4 is 4.72 Å². The van der Waals surface area contributed by atoms with Crippen molar-refractivity contribution < 1.29 is 8.42 Å². The largest absolute Gasteiger partial charge is 0.297 e. The molecule has 0 amide bonds. The molecule has 0 aliphatic carbocycles. The average molecular weight is 314 g/mol. The van der Waals surface area contributed by atoms with Crippen LogP contribution in [0, 0.1) is 5.92 Å². The lowest BCUT2D eigenvalue weighted by Crippen LogP contribution is -2.30. The minimum Gasteiger partial charge on any atom is -0.297 e. The van der Waals surface area contributed by atoms with E-state index in [1.165, 1.54) is 6.26 Å². The molecule has 0 spiro atoms. The standard InChI is InChI=1S/C14H26N4O2S/c1-14(2,3)13-7-12(16-17-13)10-18-6-5-11(9-18)8-15-21(4,19)20/h7,11,15H,5-6,8-10H2,1-4H3,(H,16,17). The summed E-state index contributed by atoms with van der Waals surface area (Å²) in [5, 5.41) is 7.48. The lowest BCUT2D eigenvalue weighted by molar-refractivity contribution is 0.312. The zero-order valence-electron chi connectivity index (χ0n) is 13.3. The molecule has 1 aromatic heterocycles. The maximum Gasteiger partial charge on any atom is 0.208 e. The molecule has 1 saturated heterocycles. The van der Waals surface area contributed by atoms with Crippen molar-refractivity contribution in [1.82, 2.24) is 19.8 Å². The molecule has 1 aliphatic rings. The highest BCUT2D eigenvalue weighted by atomic mass is 32.2. The van der Waals surface area contributed by atoms with Gasteiger partial charge in [0.2, 0.25) is 10.0 Å². The maximum atomic E-state index is 11.1. The van der Waals surface area contributed by atoms with Crippen LogP contribution in [0.1, 0.15) is 38.6 Å². The zero-order valence-corrected chi connectivity index (χ0v) is 14.1. The van der Waals surface area contributed by atoms with Crippen molar-refractivity contribution in [2.45, 2.75) is 39.2 Å². The van der Waals surface area contributed by atoms with E-state index in [9.17, 15) is 8.42 Å². The van der Waals surface area contributed by atoms with E-state index in [1.54, 1.807) is 0 Å². The van der Waals surface area contributed by atoms with Gasteiger partial charge in [-0.05, 0) is 24.9 Å². The van der Waals surface area contributed by atoms with Crippen molar-refractivity contribution in [3.8, 4) is 0 Å². The molecular weight excluding hydrogens is 288 g/mol. The van der Waals surface area contributed by atoms with Crippen molar-refractivity contribution >= 4 is 10.0 Å². The average Bonchev–Trinajstić information content (AvgIpc) is 2.94. The van der Waals surface area contributed by atoms with Gasteiger partial charge in [-0.2, -0.15) is 5.10 Å².